The number of halogens is 2. The maximum atomic E-state index is 12.7. The molecule has 0 atom stereocenters. The van der Waals surface area contributed by atoms with Crippen LogP contribution in [-0.2, 0) is 10.2 Å². The highest BCUT2D eigenvalue weighted by Crippen LogP contribution is 2.20. The molecule has 0 aliphatic carbocycles. The molecule has 0 spiro atoms. The SMILES string of the molecule is O=S(=O)(F)c1ccc2nc(Cl)ccc2c1. The van der Waals surface area contributed by atoms with Gasteiger partial charge in [-0.3, -0.25) is 0 Å². The van der Waals surface area contributed by atoms with E-state index in [1.807, 2.05) is 0 Å². The van der Waals surface area contributed by atoms with Gasteiger partial charge in [-0.25, -0.2) is 4.98 Å². The largest absolute Gasteiger partial charge is 0.332 e. The molecule has 1 heterocycles. The van der Waals surface area contributed by atoms with Crippen LogP contribution in [0.4, 0.5) is 3.89 Å². The summed E-state index contributed by atoms with van der Waals surface area (Å²) >= 11 is 5.64. The fourth-order valence-corrected chi connectivity index (χ4v) is 1.88. The summed E-state index contributed by atoms with van der Waals surface area (Å²) in [5.41, 5.74) is 0.523. The first-order valence-electron chi connectivity index (χ1n) is 3.98. The van der Waals surface area contributed by atoms with Crippen molar-refractivity contribution in [2.45, 2.75) is 4.90 Å². The van der Waals surface area contributed by atoms with E-state index in [1.165, 1.54) is 18.2 Å². The highest BCUT2D eigenvalue weighted by molar-refractivity contribution is 7.86. The zero-order valence-corrected chi connectivity index (χ0v) is 8.89. The molecule has 0 amide bonds. The standard InChI is InChI=1S/C9H5ClFNO2S/c10-9-4-1-6-5-7(15(11,13)14)2-3-8(6)12-9/h1-5H. The number of hydrogen-bond donors (Lipinski definition) is 0. The molecule has 0 aliphatic heterocycles. The first-order chi connectivity index (χ1) is 6.97. The van der Waals surface area contributed by atoms with Crippen LogP contribution in [0, 0.1) is 0 Å². The third kappa shape index (κ3) is 2.08. The van der Waals surface area contributed by atoms with Gasteiger partial charge in [0.25, 0.3) is 0 Å². The van der Waals surface area contributed by atoms with Gasteiger partial charge in [0.1, 0.15) is 5.15 Å². The second-order valence-electron chi connectivity index (χ2n) is 2.93. The third-order valence-electron chi connectivity index (χ3n) is 1.91. The van der Waals surface area contributed by atoms with Gasteiger partial charge in [-0.15, -0.1) is 3.89 Å². The van der Waals surface area contributed by atoms with Crippen molar-refractivity contribution in [3.63, 3.8) is 0 Å². The molecule has 0 unspecified atom stereocenters. The zero-order valence-electron chi connectivity index (χ0n) is 7.31. The van der Waals surface area contributed by atoms with Crippen LogP contribution < -0.4 is 0 Å². The maximum Gasteiger partial charge on any atom is 0.332 e. The van der Waals surface area contributed by atoms with Crippen LogP contribution in [0.5, 0.6) is 0 Å². The molecule has 6 heteroatoms. The van der Waals surface area contributed by atoms with Gasteiger partial charge in [0.15, 0.2) is 0 Å². The molecule has 0 aliphatic rings. The summed E-state index contributed by atoms with van der Waals surface area (Å²) in [6.45, 7) is 0. The van der Waals surface area contributed by atoms with Crippen LogP contribution in [-0.4, -0.2) is 13.4 Å². The van der Waals surface area contributed by atoms with Gasteiger partial charge in [0, 0.05) is 5.39 Å². The third-order valence-corrected chi connectivity index (χ3v) is 2.94. The summed E-state index contributed by atoms with van der Waals surface area (Å²) in [5.74, 6) is 0. The van der Waals surface area contributed by atoms with E-state index in [9.17, 15) is 12.3 Å². The van der Waals surface area contributed by atoms with E-state index in [0.717, 1.165) is 6.07 Å². The van der Waals surface area contributed by atoms with Crippen molar-refractivity contribution in [2.75, 3.05) is 0 Å². The zero-order chi connectivity index (χ0) is 11.1. The fourth-order valence-electron chi connectivity index (χ4n) is 1.23. The van der Waals surface area contributed by atoms with Gasteiger partial charge >= 0.3 is 10.2 Å². The molecule has 78 valence electrons. The monoisotopic (exact) mass is 245 g/mol. The van der Waals surface area contributed by atoms with Crippen LogP contribution >= 0.6 is 11.6 Å². The minimum atomic E-state index is -4.67. The van der Waals surface area contributed by atoms with Gasteiger partial charge in [0.05, 0.1) is 10.4 Å². The van der Waals surface area contributed by atoms with Crippen molar-refractivity contribution in [2.24, 2.45) is 0 Å². The molecule has 0 fully saturated rings. The lowest BCUT2D eigenvalue weighted by atomic mass is 10.2. The number of fused-ring (bicyclic) bond motifs is 1. The minimum absolute atomic E-state index is 0.304. The Balaban J connectivity index is 2.73. The second-order valence-corrected chi connectivity index (χ2v) is 4.66. The topological polar surface area (TPSA) is 47.0 Å². The summed E-state index contributed by atoms with van der Waals surface area (Å²) in [6.07, 6.45) is 0. The van der Waals surface area contributed by atoms with Gasteiger partial charge in [-0.05, 0) is 30.3 Å². The minimum Gasteiger partial charge on any atom is -0.236 e. The van der Waals surface area contributed by atoms with Crippen molar-refractivity contribution in [1.29, 1.82) is 0 Å². The Bertz CT molecular complexity index is 627. The molecular formula is C9H5ClFNO2S. The normalized spacial score (nSPS) is 11.9. The summed E-state index contributed by atoms with van der Waals surface area (Å²) < 4.78 is 33.9. The van der Waals surface area contributed by atoms with E-state index in [-0.39, 0.29) is 4.90 Å². The summed E-state index contributed by atoms with van der Waals surface area (Å²) in [4.78, 5) is 3.57. The summed E-state index contributed by atoms with van der Waals surface area (Å²) in [5, 5.41) is 0.830. The molecular weight excluding hydrogens is 241 g/mol. The van der Waals surface area contributed by atoms with Gasteiger partial charge in [-0.1, -0.05) is 11.6 Å². The molecule has 0 N–H and O–H groups in total. The smallest absolute Gasteiger partial charge is 0.236 e. The summed E-state index contributed by atoms with van der Waals surface area (Å²) in [6, 6.07) is 6.88. The van der Waals surface area contributed by atoms with Crippen molar-refractivity contribution >= 4 is 32.7 Å². The average molecular weight is 246 g/mol. The van der Waals surface area contributed by atoms with E-state index < -0.39 is 10.2 Å². The van der Waals surface area contributed by atoms with E-state index in [0.29, 0.717) is 16.1 Å². The van der Waals surface area contributed by atoms with E-state index in [1.54, 1.807) is 6.07 Å². The lowest BCUT2D eigenvalue weighted by Crippen LogP contribution is -1.91. The Morgan fingerprint density at radius 3 is 2.60 bits per heavy atom. The number of pyridine rings is 1. The number of benzene rings is 1. The van der Waals surface area contributed by atoms with Gasteiger partial charge < -0.3 is 0 Å². The lowest BCUT2D eigenvalue weighted by molar-refractivity contribution is 0.552. The molecule has 1 aromatic carbocycles. The van der Waals surface area contributed by atoms with E-state index in [2.05, 4.69) is 4.98 Å². The van der Waals surface area contributed by atoms with Crippen LogP contribution in [0.25, 0.3) is 10.9 Å². The molecule has 0 saturated heterocycles. The lowest BCUT2D eigenvalue weighted by Gasteiger charge is -1.99. The predicted molar refractivity (Wildman–Crippen MR) is 55.0 cm³/mol. The van der Waals surface area contributed by atoms with Crippen molar-refractivity contribution < 1.29 is 12.3 Å². The van der Waals surface area contributed by atoms with Crippen LogP contribution in [0.3, 0.4) is 0 Å². The number of rotatable bonds is 1. The first-order valence-corrected chi connectivity index (χ1v) is 5.74. The Morgan fingerprint density at radius 2 is 1.93 bits per heavy atom. The Morgan fingerprint density at radius 1 is 1.20 bits per heavy atom. The average Bonchev–Trinajstić information content (AvgIpc) is 2.15. The molecule has 0 saturated carbocycles. The second kappa shape index (κ2) is 3.43. The van der Waals surface area contributed by atoms with Crippen molar-refractivity contribution in [3.05, 3.63) is 35.5 Å². The van der Waals surface area contributed by atoms with Crippen molar-refractivity contribution in [1.82, 2.24) is 4.98 Å². The van der Waals surface area contributed by atoms with Crippen LogP contribution in [0.1, 0.15) is 0 Å². The quantitative estimate of drug-likeness (QED) is 0.573. The first kappa shape index (κ1) is 10.3. The van der Waals surface area contributed by atoms with Crippen LogP contribution in [0.15, 0.2) is 35.2 Å². The molecule has 0 radical (unpaired) electrons. The van der Waals surface area contributed by atoms with E-state index >= 15 is 0 Å². The number of nitrogens with zero attached hydrogens (tertiary/aromatic N) is 1. The van der Waals surface area contributed by atoms with Crippen molar-refractivity contribution in [3.8, 4) is 0 Å². The van der Waals surface area contributed by atoms with E-state index in [4.69, 9.17) is 11.6 Å². The molecule has 15 heavy (non-hydrogen) atoms. The maximum absolute atomic E-state index is 12.7. The molecule has 3 nitrogen and oxygen atoms in total. The molecule has 2 aromatic rings. The molecule has 0 bridgehead atoms. The van der Waals surface area contributed by atoms with Gasteiger partial charge in [-0.2, -0.15) is 8.42 Å². The predicted octanol–water partition coefficient (Wildman–Crippen LogP) is 2.55. The highest BCUT2D eigenvalue weighted by atomic mass is 35.5. The van der Waals surface area contributed by atoms with Crippen LogP contribution in [0.2, 0.25) is 5.15 Å². The highest BCUT2D eigenvalue weighted by Gasteiger charge is 2.12. The number of aromatic nitrogens is 1. The molecule has 2 rings (SSSR count). The molecule has 1 aromatic heterocycles. The van der Waals surface area contributed by atoms with Gasteiger partial charge in [0.2, 0.25) is 0 Å². The number of hydrogen-bond acceptors (Lipinski definition) is 3. The summed E-state index contributed by atoms with van der Waals surface area (Å²) in [7, 11) is -4.67. The Kier molecular flexibility index (Phi) is 2.36. The Labute approximate surface area is 90.7 Å². The fraction of sp³-hybridized carbons (Fsp3) is 0. The Hall–Kier alpha value is -1.20.